The summed E-state index contributed by atoms with van der Waals surface area (Å²) in [6.07, 6.45) is 3.04. The minimum absolute atomic E-state index is 0.155. The van der Waals surface area contributed by atoms with Gasteiger partial charge < -0.3 is 10.6 Å². The Morgan fingerprint density at radius 1 is 1.18 bits per heavy atom. The number of rotatable bonds is 6. The van der Waals surface area contributed by atoms with E-state index in [0.29, 0.717) is 35.5 Å². The monoisotopic (exact) mass is 318 g/mol. The van der Waals surface area contributed by atoms with Crippen LogP contribution in [-0.4, -0.2) is 22.4 Å². The molecule has 2 rings (SSSR count). The summed E-state index contributed by atoms with van der Waals surface area (Å²) in [5, 5.41) is 6.63. The van der Waals surface area contributed by atoms with E-state index < -0.39 is 0 Å². The molecule has 1 heterocycles. The molecule has 0 saturated carbocycles. The lowest BCUT2D eigenvalue weighted by molar-refractivity contribution is 0.0948. The van der Waals surface area contributed by atoms with Crippen molar-refractivity contribution in [3.8, 4) is 0 Å². The van der Waals surface area contributed by atoms with Crippen molar-refractivity contribution in [2.75, 3.05) is 11.9 Å². The van der Waals surface area contributed by atoms with Crippen molar-refractivity contribution >= 4 is 23.5 Å². The molecule has 5 nitrogen and oxygen atoms in total. The van der Waals surface area contributed by atoms with E-state index in [1.165, 1.54) is 12.4 Å². The highest BCUT2D eigenvalue weighted by Gasteiger charge is 2.07. The third kappa shape index (κ3) is 5.00. The number of amides is 1. The zero-order valence-corrected chi connectivity index (χ0v) is 13.4. The molecule has 1 aromatic heterocycles. The third-order valence-corrected chi connectivity index (χ3v) is 3.20. The number of halogens is 1. The van der Waals surface area contributed by atoms with Gasteiger partial charge in [-0.25, -0.2) is 9.97 Å². The van der Waals surface area contributed by atoms with Gasteiger partial charge in [-0.15, -0.1) is 0 Å². The van der Waals surface area contributed by atoms with Crippen molar-refractivity contribution in [1.29, 1.82) is 0 Å². The van der Waals surface area contributed by atoms with E-state index in [4.69, 9.17) is 11.6 Å². The second kappa shape index (κ2) is 7.75. The number of hydrogen-bond acceptors (Lipinski definition) is 4. The number of nitrogens with zero attached hydrogens (tertiary/aromatic N) is 2. The number of nitrogens with one attached hydrogen (secondary N) is 2. The van der Waals surface area contributed by atoms with E-state index >= 15 is 0 Å². The fraction of sp³-hybridized carbons (Fsp3) is 0.312. The van der Waals surface area contributed by atoms with E-state index in [2.05, 4.69) is 20.6 Å². The summed E-state index contributed by atoms with van der Waals surface area (Å²) in [5.41, 5.74) is 1.53. The minimum Gasteiger partial charge on any atom is -0.352 e. The predicted octanol–water partition coefficient (Wildman–Crippen LogP) is 3.13. The summed E-state index contributed by atoms with van der Waals surface area (Å²) in [4.78, 5) is 20.1. The largest absolute Gasteiger partial charge is 0.352 e. The van der Waals surface area contributed by atoms with Crippen molar-refractivity contribution in [3.05, 3.63) is 52.8 Å². The quantitative estimate of drug-likeness (QED) is 0.858. The summed E-state index contributed by atoms with van der Waals surface area (Å²) in [6, 6.07) is 7.54. The maximum Gasteiger partial charge on any atom is 0.254 e. The normalized spacial score (nSPS) is 10.5. The van der Waals surface area contributed by atoms with Crippen molar-refractivity contribution in [2.24, 2.45) is 5.92 Å². The lowest BCUT2D eigenvalue weighted by Gasteiger charge is -2.08. The molecule has 1 aromatic carbocycles. The molecule has 0 radical (unpaired) electrons. The average Bonchev–Trinajstić information content (AvgIpc) is 2.52. The molecular formula is C16H19ClN4O. The minimum atomic E-state index is -0.155. The molecule has 0 aliphatic rings. The van der Waals surface area contributed by atoms with Gasteiger partial charge in [-0.3, -0.25) is 4.79 Å². The van der Waals surface area contributed by atoms with Crippen LogP contribution in [0.1, 0.15) is 29.8 Å². The number of aromatic nitrogens is 2. The second-order valence-corrected chi connectivity index (χ2v) is 5.82. The standard InChI is InChI=1S/C16H19ClN4O/c1-11(2)7-18-15(22)13-9-20-16(21-10-13)19-8-12-3-5-14(17)6-4-12/h3-6,9-11H,7-8H2,1-2H3,(H,18,22)(H,19,20,21). The van der Waals surface area contributed by atoms with Gasteiger partial charge in [0, 0.05) is 30.5 Å². The smallest absolute Gasteiger partial charge is 0.254 e. The van der Waals surface area contributed by atoms with E-state index in [0.717, 1.165) is 5.56 Å². The number of anilines is 1. The van der Waals surface area contributed by atoms with Crippen LogP contribution in [0.5, 0.6) is 0 Å². The summed E-state index contributed by atoms with van der Waals surface area (Å²) in [7, 11) is 0. The molecule has 0 saturated heterocycles. The van der Waals surface area contributed by atoms with Crippen LogP contribution in [0.25, 0.3) is 0 Å². The van der Waals surface area contributed by atoms with Gasteiger partial charge in [-0.1, -0.05) is 37.6 Å². The van der Waals surface area contributed by atoms with Crippen LogP contribution in [0.15, 0.2) is 36.7 Å². The Hall–Kier alpha value is -2.14. The Morgan fingerprint density at radius 3 is 2.41 bits per heavy atom. The SMILES string of the molecule is CC(C)CNC(=O)c1cnc(NCc2ccc(Cl)cc2)nc1. The maximum atomic E-state index is 11.8. The average molecular weight is 319 g/mol. The Bertz CT molecular complexity index is 611. The van der Waals surface area contributed by atoms with Crippen LogP contribution < -0.4 is 10.6 Å². The first kappa shape index (κ1) is 16.2. The zero-order chi connectivity index (χ0) is 15.9. The first-order chi connectivity index (χ1) is 10.5. The van der Waals surface area contributed by atoms with Gasteiger partial charge in [0.2, 0.25) is 5.95 Å². The van der Waals surface area contributed by atoms with Crippen LogP contribution in [0.2, 0.25) is 5.02 Å². The van der Waals surface area contributed by atoms with Crippen molar-refractivity contribution in [3.63, 3.8) is 0 Å². The van der Waals surface area contributed by atoms with Crippen LogP contribution in [0, 0.1) is 5.92 Å². The molecule has 1 amide bonds. The third-order valence-electron chi connectivity index (χ3n) is 2.95. The van der Waals surface area contributed by atoms with Gasteiger partial charge >= 0.3 is 0 Å². The fourth-order valence-corrected chi connectivity index (χ4v) is 1.84. The molecule has 0 atom stereocenters. The Kier molecular flexibility index (Phi) is 5.72. The summed E-state index contributed by atoms with van der Waals surface area (Å²) in [6.45, 7) is 5.31. The molecule has 0 aliphatic heterocycles. The van der Waals surface area contributed by atoms with Crippen LogP contribution >= 0.6 is 11.6 Å². The first-order valence-corrected chi connectivity index (χ1v) is 7.51. The summed E-state index contributed by atoms with van der Waals surface area (Å²) >= 11 is 5.84. The highest BCUT2D eigenvalue weighted by Crippen LogP contribution is 2.10. The molecule has 2 aromatic rings. The van der Waals surface area contributed by atoms with E-state index in [1.807, 2.05) is 38.1 Å². The predicted molar refractivity (Wildman–Crippen MR) is 88.0 cm³/mol. The van der Waals surface area contributed by atoms with Crippen LogP contribution in [0.3, 0.4) is 0 Å². The highest BCUT2D eigenvalue weighted by molar-refractivity contribution is 6.30. The van der Waals surface area contributed by atoms with Gasteiger partial charge in [0.15, 0.2) is 0 Å². The van der Waals surface area contributed by atoms with Crippen molar-refractivity contribution < 1.29 is 4.79 Å². The van der Waals surface area contributed by atoms with Gasteiger partial charge in [0.05, 0.1) is 5.56 Å². The summed E-state index contributed by atoms with van der Waals surface area (Å²) in [5.74, 6) is 0.735. The first-order valence-electron chi connectivity index (χ1n) is 7.13. The van der Waals surface area contributed by atoms with E-state index in [-0.39, 0.29) is 5.91 Å². The molecule has 6 heteroatoms. The zero-order valence-electron chi connectivity index (χ0n) is 12.6. The van der Waals surface area contributed by atoms with Gasteiger partial charge in [0.1, 0.15) is 0 Å². The van der Waals surface area contributed by atoms with Gasteiger partial charge in [0.25, 0.3) is 5.91 Å². The van der Waals surface area contributed by atoms with E-state index in [9.17, 15) is 4.79 Å². The topological polar surface area (TPSA) is 66.9 Å². The van der Waals surface area contributed by atoms with Gasteiger partial charge in [-0.05, 0) is 23.6 Å². The molecule has 22 heavy (non-hydrogen) atoms. The Labute approximate surface area is 135 Å². The fourth-order valence-electron chi connectivity index (χ4n) is 1.72. The van der Waals surface area contributed by atoms with Crippen molar-refractivity contribution in [2.45, 2.75) is 20.4 Å². The van der Waals surface area contributed by atoms with Crippen molar-refractivity contribution in [1.82, 2.24) is 15.3 Å². The summed E-state index contributed by atoms with van der Waals surface area (Å²) < 4.78 is 0. The molecule has 0 bridgehead atoms. The Morgan fingerprint density at radius 2 is 1.82 bits per heavy atom. The molecule has 0 aliphatic carbocycles. The molecule has 0 unspecified atom stereocenters. The molecule has 0 fully saturated rings. The van der Waals surface area contributed by atoms with Gasteiger partial charge in [-0.2, -0.15) is 0 Å². The second-order valence-electron chi connectivity index (χ2n) is 5.38. The van der Waals surface area contributed by atoms with Crippen LogP contribution in [0.4, 0.5) is 5.95 Å². The van der Waals surface area contributed by atoms with Crippen LogP contribution in [-0.2, 0) is 6.54 Å². The number of hydrogen-bond donors (Lipinski definition) is 2. The molecule has 116 valence electrons. The Balaban J connectivity index is 1.88. The molecular weight excluding hydrogens is 300 g/mol. The number of benzene rings is 1. The maximum absolute atomic E-state index is 11.8. The number of carbonyl (C=O) groups is 1. The van der Waals surface area contributed by atoms with E-state index in [1.54, 1.807) is 0 Å². The highest BCUT2D eigenvalue weighted by atomic mass is 35.5. The number of carbonyl (C=O) groups excluding carboxylic acids is 1. The lowest BCUT2D eigenvalue weighted by Crippen LogP contribution is -2.27. The molecule has 2 N–H and O–H groups in total. The molecule has 0 spiro atoms. The lowest BCUT2D eigenvalue weighted by atomic mass is 10.2.